The molecule has 0 aliphatic rings. The molecule has 78 valence electrons. The minimum atomic E-state index is -0.792. The van der Waals surface area contributed by atoms with Crippen LogP contribution in [0.5, 0.6) is 0 Å². The van der Waals surface area contributed by atoms with Crippen molar-refractivity contribution in [1.82, 2.24) is 0 Å². The van der Waals surface area contributed by atoms with Gasteiger partial charge in [-0.3, -0.25) is 0 Å². The first kappa shape index (κ1) is 11.1. The van der Waals surface area contributed by atoms with E-state index in [4.69, 9.17) is 5.73 Å². The lowest BCUT2D eigenvalue weighted by molar-refractivity contribution is 0.504. The maximum atomic E-state index is 12.9. The third kappa shape index (κ3) is 2.77. The summed E-state index contributed by atoms with van der Waals surface area (Å²) >= 11 is 0. The molecule has 0 aliphatic heterocycles. The number of benzene rings is 1. The van der Waals surface area contributed by atoms with Crippen molar-refractivity contribution in [2.45, 2.75) is 25.7 Å². The van der Waals surface area contributed by atoms with E-state index in [9.17, 15) is 8.78 Å². The molecule has 1 unspecified atom stereocenters. The van der Waals surface area contributed by atoms with Gasteiger partial charge < -0.3 is 5.73 Å². The van der Waals surface area contributed by atoms with Crippen molar-refractivity contribution < 1.29 is 8.78 Å². The van der Waals surface area contributed by atoms with Gasteiger partial charge in [-0.15, -0.1) is 0 Å². The van der Waals surface area contributed by atoms with E-state index in [1.54, 1.807) is 6.07 Å². The van der Waals surface area contributed by atoms with Gasteiger partial charge in [-0.05, 0) is 43.0 Å². The maximum absolute atomic E-state index is 12.9. The third-order valence-corrected chi connectivity index (χ3v) is 2.35. The van der Waals surface area contributed by atoms with Crippen LogP contribution in [0.3, 0.4) is 0 Å². The average molecular weight is 199 g/mol. The van der Waals surface area contributed by atoms with Crippen molar-refractivity contribution >= 4 is 0 Å². The number of rotatable bonds is 4. The second kappa shape index (κ2) is 5.05. The molecule has 0 aliphatic carbocycles. The second-order valence-electron chi connectivity index (χ2n) is 3.51. The summed E-state index contributed by atoms with van der Waals surface area (Å²) in [6.45, 7) is 2.62. The quantitative estimate of drug-likeness (QED) is 0.792. The highest BCUT2D eigenvalue weighted by molar-refractivity contribution is 5.21. The van der Waals surface area contributed by atoms with E-state index in [2.05, 4.69) is 0 Å². The van der Waals surface area contributed by atoms with Gasteiger partial charge in [0.1, 0.15) is 0 Å². The highest BCUT2D eigenvalue weighted by Crippen LogP contribution is 2.21. The van der Waals surface area contributed by atoms with Crippen molar-refractivity contribution in [2.75, 3.05) is 6.54 Å². The summed E-state index contributed by atoms with van der Waals surface area (Å²) in [5, 5.41) is 0. The van der Waals surface area contributed by atoms with E-state index in [1.165, 1.54) is 12.1 Å². The van der Waals surface area contributed by atoms with Gasteiger partial charge in [0.05, 0.1) is 0 Å². The maximum Gasteiger partial charge on any atom is 0.159 e. The van der Waals surface area contributed by atoms with Crippen LogP contribution in [0.25, 0.3) is 0 Å². The van der Waals surface area contributed by atoms with Crippen LogP contribution in [-0.4, -0.2) is 6.54 Å². The predicted octanol–water partition coefficient (Wildman–Crippen LogP) is 2.81. The number of nitrogens with two attached hydrogens (primary N) is 1. The van der Waals surface area contributed by atoms with E-state index < -0.39 is 11.6 Å². The molecule has 1 aromatic rings. The number of halogens is 2. The Kier molecular flexibility index (Phi) is 4.01. The molecule has 3 heteroatoms. The molecular formula is C11H15F2N. The highest BCUT2D eigenvalue weighted by Gasteiger charge is 2.08. The summed E-state index contributed by atoms with van der Waals surface area (Å²) in [6, 6.07) is 4.06. The topological polar surface area (TPSA) is 26.0 Å². The van der Waals surface area contributed by atoms with Crippen LogP contribution in [0.1, 0.15) is 31.2 Å². The van der Waals surface area contributed by atoms with Crippen molar-refractivity contribution in [3.8, 4) is 0 Å². The van der Waals surface area contributed by atoms with Gasteiger partial charge in [0, 0.05) is 0 Å². The molecule has 2 N–H and O–H groups in total. The lowest BCUT2D eigenvalue weighted by Crippen LogP contribution is -2.02. The lowest BCUT2D eigenvalue weighted by atomic mass is 9.96. The van der Waals surface area contributed by atoms with Crippen LogP contribution < -0.4 is 5.73 Å². The van der Waals surface area contributed by atoms with Gasteiger partial charge in [-0.2, -0.15) is 0 Å². The van der Waals surface area contributed by atoms with Crippen molar-refractivity contribution in [2.24, 2.45) is 5.73 Å². The minimum Gasteiger partial charge on any atom is -0.330 e. The summed E-state index contributed by atoms with van der Waals surface area (Å²) in [5.41, 5.74) is 6.21. The standard InChI is InChI=1S/C11H15F2N/c1-8(3-2-6-14)9-4-5-10(12)11(13)7-9/h4-5,7-8H,2-3,6,14H2,1H3. The predicted molar refractivity (Wildman–Crippen MR) is 53.1 cm³/mol. The third-order valence-electron chi connectivity index (χ3n) is 2.35. The molecule has 14 heavy (non-hydrogen) atoms. The van der Waals surface area contributed by atoms with E-state index in [-0.39, 0.29) is 5.92 Å². The Morgan fingerprint density at radius 2 is 2.00 bits per heavy atom. The molecule has 0 aromatic heterocycles. The van der Waals surface area contributed by atoms with Crippen molar-refractivity contribution in [1.29, 1.82) is 0 Å². The molecule has 0 saturated carbocycles. The van der Waals surface area contributed by atoms with Gasteiger partial charge in [-0.1, -0.05) is 13.0 Å². The zero-order chi connectivity index (χ0) is 10.6. The zero-order valence-electron chi connectivity index (χ0n) is 8.26. The monoisotopic (exact) mass is 199 g/mol. The van der Waals surface area contributed by atoms with E-state index >= 15 is 0 Å². The molecule has 1 aromatic carbocycles. The molecule has 0 fully saturated rings. The van der Waals surface area contributed by atoms with E-state index in [0.29, 0.717) is 6.54 Å². The average Bonchev–Trinajstić information content (AvgIpc) is 2.18. The fourth-order valence-electron chi connectivity index (χ4n) is 1.41. The SMILES string of the molecule is CC(CCCN)c1ccc(F)c(F)c1. The summed E-state index contributed by atoms with van der Waals surface area (Å²) in [5.74, 6) is -1.34. The van der Waals surface area contributed by atoms with Crippen LogP contribution in [0, 0.1) is 11.6 Å². The Bertz CT molecular complexity index is 299. The summed E-state index contributed by atoms with van der Waals surface area (Å²) in [6.07, 6.45) is 1.81. The molecule has 1 rings (SSSR count). The van der Waals surface area contributed by atoms with Gasteiger partial charge in [0.15, 0.2) is 11.6 Å². The van der Waals surface area contributed by atoms with Gasteiger partial charge in [0.25, 0.3) is 0 Å². The van der Waals surface area contributed by atoms with Crippen LogP contribution in [-0.2, 0) is 0 Å². The van der Waals surface area contributed by atoms with Gasteiger partial charge in [0.2, 0.25) is 0 Å². The molecule has 0 amide bonds. The highest BCUT2D eigenvalue weighted by atomic mass is 19.2. The zero-order valence-corrected chi connectivity index (χ0v) is 8.26. The van der Waals surface area contributed by atoms with Crippen molar-refractivity contribution in [3.63, 3.8) is 0 Å². The fraction of sp³-hybridized carbons (Fsp3) is 0.455. The van der Waals surface area contributed by atoms with Crippen LogP contribution in [0.2, 0.25) is 0 Å². The van der Waals surface area contributed by atoms with Gasteiger partial charge >= 0.3 is 0 Å². The molecule has 0 saturated heterocycles. The van der Waals surface area contributed by atoms with E-state index in [0.717, 1.165) is 18.4 Å². The van der Waals surface area contributed by atoms with Crippen LogP contribution in [0.15, 0.2) is 18.2 Å². The summed E-state index contributed by atoms with van der Waals surface area (Å²) < 4.78 is 25.5. The molecule has 1 nitrogen and oxygen atoms in total. The Hall–Kier alpha value is -0.960. The molecule has 0 bridgehead atoms. The summed E-state index contributed by atoms with van der Waals surface area (Å²) in [7, 11) is 0. The first-order valence-electron chi connectivity index (χ1n) is 4.80. The second-order valence-corrected chi connectivity index (χ2v) is 3.51. The molecule has 0 spiro atoms. The van der Waals surface area contributed by atoms with Crippen LogP contribution >= 0.6 is 0 Å². The number of hydrogen-bond donors (Lipinski definition) is 1. The number of hydrogen-bond acceptors (Lipinski definition) is 1. The van der Waals surface area contributed by atoms with Crippen LogP contribution in [0.4, 0.5) is 8.78 Å². The first-order valence-corrected chi connectivity index (χ1v) is 4.80. The molecular weight excluding hydrogens is 184 g/mol. The normalized spacial score (nSPS) is 12.9. The van der Waals surface area contributed by atoms with Crippen molar-refractivity contribution in [3.05, 3.63) is 35.4 Å². The Labute approximate surface area is 82.9 Å². The lowest BCUT2D eigenvalue weighted by Gasteiger charge is -2.11. The van der Waals surface area contributed by atoms with Gasteiger partial charge in [-0.25, -0.2) is 8.78 Å². The molecule has 1 atom stereocenters. The minimum absolute atomic E-state index is 0.230. The molecule has 0 radical (unpaired) electrons. The first-order chi connectivity index (χ1) is 6.65. The Morgan fingerprint density at radius 1 is 1.29 bits per heavy atom. The summed E-state index contributed by atoms with van der Waals surface area (Å²) in [4.78, 5) is 0. The largest absolute Gasteiger partial charge is 0.330 e. The Balaban J connectivity index is 2.70. The fourth-order valence-corrected chi connectivity index (χ4v) is 1.41. The molecule has 0 heterocycles. The smallest absolute Gasteiger partial charge is 0.159 e. The Morgan fingerprint density at radius 3 is 2.57 bits per heavy atom. The van der Waals surface area contributed by atoms with E-state index in [1.807, 2.05) is 6.92 Å².